The molecule has 110 valence electrons. The largest absolute Gasteiger partial charge is 0.472 e. The number of furan rings is 1. The molecule has 0 N–H and O–H groups in total. The Bertz CT molecular complexity index is 819. The van der Waals surface area contributed by atoms with Crippen LogP contribution in [0.5, 0.6) is 0 Å². The fraction of sp³-hybridized carbons (Fsp3) is 0.267. The first-order valence-electron chi connectivity index (χ1n) is 6.71. The van der Waals surface area contributed by atoms with Crippen molar-refractivity contribution in [2.45, 2.75) is 26.6 Å². The minimum Gasteiger partial charge on any atom is -0.472 e. The molecule has 0 fully saturated rings. The quantitative estimate of drug-likeness (QED) is 0.591. The summed E-state index contributed by atoms with van der Waals surface area (Å²) in [5.74, 6) is 0. The first-order chi connectivity index (χ1) is 9.80. The van der Waals surface area contributed by atoms with E-state index in [0.29, 0.717) is 0 Å². The summed E-state index contributed by atoms with van der Waals surface area (Å²) in [6, 6.07) is 3.95. The van der Waals surface area contributed by atoms with Crippen LogP contribution in [0.2, 0.25) is 24.7 Å². The Morgan fingerprint density at radius 2 is 2.05 bits per heavy atom. The van der Waals surface area contributed by atoms with Gasteiger partial charge in [-0.15, -0.1) is 0 Å². The van der Waals surface area contributed by atoms with Crippen LogP contribution >= 0.6 is 27.5 Å². The van der Waals surface area contributed by atoms with Gasteiger partial charge in [0.15, 0.2) is 0 Å². The molecule has 3 aromatic heterocycles. The summed E-state index contributed by atoms with van der Waals surface area (Å²) < 4.78 is 8.18. The number of hydrogen-bond donors (Lipinski definition) is 0. The van der Waals surface area contributed by atoms with Gasteiger partial charge in [0, 0.05) is 10.9 Å². The van der Waals surface area contributed by atoms with Gasteiger partial charge in [0.2, 0.25) is 0 Å². The summed E-state index contributed by atoms with van der Waals surface area (Å²) in [6.07, 6.45) is 3.36. The van der Waals surface area contributed by atoms with Crippen molar-refractivity contribution in [3.05, 3.63) is 39.7 Å². The summed E-state index contributed by atoms with van der Waals surface area (Å²) in [5.41, 5.74) is 4.03. The van der Waals surface area contributed by atoms with E-state index in [4.69, 9.17) is 21.1 Å². The lowest BCUT2D eigenvalue weighted by Crippen LogP contribution is -2.43. The Labute approximate surface area is 138 Å². The lowest BCUT2D eigenvalue weighted by atomic mass is 10.2. The van der Waals surface area contributed by atoms with Crippen LogP contribution in [0.1, 0.15) is 5.56 Å². The Kier molecular flexibility index (Phi) is 3.54. The number of pyridine rings is 1. The minimum atomic E-state index is -1.64. The van der Waals surface area contributed by atoms with Crippen molar-refractivity contribution in [1.29, 1.82) is 0 Å². The first kappa shape index (κ1) is 14.9. The van der Waals surface area contributed by atoms with Crippen LogP contribution in [-0.2, 0) is 0 Å². The zero-order chi connectivity index (χ0) is 15.4. The van der Waals surface area contributed by atoms with Crippen molar-refractivity contribution in [3.8, 4) is 11.3 Å². The minimum absolute atomic E-state index is 0.799. The molecule has 21 heavy (non-hydrogen) atoms. The summed E-state index contributed by atoms with van der Waals surface area (Å²) in [7, 11) is -1.64. The van der Waals surface area contributed by atoms with Gasteiger partial charge >= 0.3 is 0 Å². The monoisotopic (exact) mass is 382 g/mol. The van der Waals surface area contributed by atoms with Gasteiger partial charge < -0.3 is 4.42 Å². The van der Waals surface area contributed by atoms with Crippen LogP contribution in [0, 0.1) is 6.92 Å². The summed E-state index contributed by atoms with van der Waals surface area (Å²) in [4.78, 5) is 0. The van der Waals surface area contributed by atoms with E-state index in [2.05, 4.69) is 42.5 Å². The number of aryl methyl sites for hydroxylation is 1. The van der Waals surface area contributed by atoms with Crippen molar-refractivity contribution < 1.29 is 4.42 Å². The molecule has 3 rings (SSSR count). The lowest BCUT2D eigenvalue weighted by Gasteiger charge is -2.20. The molecule has 6 heteroatoms. The van der Waals surface area contributed by atoms with Crippen molar-refractivity contribution in [2.24, 2.45) is 0 Å². The summed E-state index contributed by atoms with van der Waals surface area (Å²) in [6.45, 7) is 8.88. The van der Waals surface area contributed by atoms with E-state index in [9.17, 15) is 0 Å². The van der Waals surface area contributed by atoms with E-state index in [1.54, 1.807) is 12.5 Å². The predicted molar refractivity (Wildman–Crippen MR) is 93.3 cm³/mol. The number of halogens is 2. The second kappa shape index (κ2) is 5.00. The van der Waals surface area contributed by atoms with Gasteiger partial charge in [-0.25, -0.2) is 4.52 Å². The summed E-state index contributed by atoms with van der Waals surface area (Å²) >= 11 is 10.2. The molecule has 0 aliphatic rings. The third kappa shape index (κ3) is 2.37. The third-order valence-corrected chi connectivity index (χ3v) is 6.59. The van der Waals surface area contributed by atoms with Crippen molar-refractivity contribution >= 4 is 46.4 Å². The third-order valence-electron chi connectivity index (χ3n) is 3.49. The van der Waals surface area contributed by atoms with Gasteiger partial charge in [-0.05, 0) is 40.5 Å². The van der Waals surface area contributed by atoms with Gasteiger partial charge in [0.05, 0.1) is 27.5 Å². The number of hydrogen-bond acceptors (Lipinski definition) is 2. The fourth-order valence-electron chi connectivity index (χ4n) is 2.59. The van der Waals surface area contributed by atoms with Gasteiger partial charge in [-0.2, -0.15) is 5.10 Å². The molecule has 0 aliphatic heterocycles. The smallest absolute Gasteiger partial charge is 0.111 e. The van der Waals surface area contributed by atoms with Crippen LogP contribution < -0.4 is 5.32 Å². The number of aromatic nitrogens is 2. The van der Waals surface area contributed by atoms with Gasteiger partial charge in [0.25, 0.3) is 0 Å². The van der Waals surface area contributed by atoms with Gasteiger partial charge in [-0.1, -0.05) is 31.2 Å². The molecule has 0 saturated heterocycles. The molecular weight excluding hydrogens is 368 g/mol. The van der Waals surface area contributed by atoms with E-state index >= 15 is 0 Å². The molecule has 0 aliphatic carbocycles. The van der Waals surface area contributed by atoms with Crippen LogP contribution in [0.25, 0.3) is 16.8 Å². The molecule has 0 bridgehead atoms. The molecule has 3 nitrogen and oxygen atoms in total. The fourth-order valence-corrected chi connectivity index (χ4v) is 6.06. The van der Waals surface area contributed by atoms with Crippen LogP contribution in [0.4, 0.5) is 0 Å². The Morgan fingerprint density at radius 1 is 1.33 bits per heavy atom. The maximum atomic E-state index is 6.52. The molecule has 3 aromatic rings. The zero-order valence-electron chi connectivity index (χ0n) is 12.4. The Hall–Kier alpha value is -1.04. The standard InChI is InChI=1S/C15H16BrClN2OSi/c1-9-7-11(17)15(21(2,3)4)19-14(9)12(16)13(18-19)10-5-6-20-8-10/h5-8H,1-4H3. The summed E-state index contributed by atoms with van der Waals surface area (Å²) in [5, 5.41) is 6.74. The lowest BCUT2D eigenvalue weighted by molar-refractivity contribution is 0.568. The Morgan fingerprint density at radius 3 is 2.62 bits per heavy atom. The van der Waals surface area contributed by atoms with Crippen LogP contribution in [-0.4, -0.2) is 17.7 Å². The van der Waals surface area contributed by atoms with Crippen molar-refractivity contribution in [3.63, 3.8) is 0 Å². The molecule has 0 amide bonds. The average Bonchev–Trinajstić information content (AvgIpc) is 2.95. The highest BCUT2D eigenvalue weighted by atomic mass is 79.9. The molecular formula is C15H16BrClN2OSi. The molecule has 3 heterocycles. The maximum absolute atomic E-state index is 6.52. The highest BCUT2D eigenvalue weighted by Crippen LogP contribution is 2.33. The number of nitrogens with zero attached hydrogens (tertiary/aromatic N) is 2. The molecule has 0 radical (unpaired) electrons. The van der Waals surface area contributed by atoms with E-state index in [1.165, 1.54) is 0 Å². The highest BCUT2D eigenvalue weighted by Gasteiger charge is 2.27. The normalized spacial score (nSPS) is 12.3. The van der Waals surface area contributed by atoms with Crippen LogP contribution in [0.3, 0.4) is 0 Å². The Balaban J connectivity index is 2.43. The molecule has 0 spiro atoms. The van der Waals surface area contributed by atoms with Crippen LogP contribution in [0.15, 0.2) is 33.5 Å². The molecule has 0 unspecified atom stereocenters. The maximum Gasteiger partial charge on any atom is 0.111 e. The van der Waals surface area contributed by atoms with Gasteiger partial charge in [-0.3, -0.25) is 0 Å². The second-order valence-corrected chi connectivity index (χ2v) is 12.4. The molecule has 0 atom stereocenters. The topological polar surface area (TPSA) is 30.4 Å². The zero-order valence-corrected chi connectivity index (χ0v) is 15.7. The SMILES string of the molecule is Cc1cc(Cl)c([Si](C)(C)C)n2nc(-c3ccoc3)c(Br)c12. The van der Waals surface area contributed by atoms with E-state index in [-0.39, 0.29) is 0 Å². The van der Waals surface area contributed by atoms with Crippen molar-refractivity contribution in [1.82, 2.24) is 9.61 Å². The second-order valence-electron chi connectivity index (χ2n) is 6.21. The number of fused-ring (bicyclic) bond motifs is 1. The first-order valence-corrected chi connectivity index (χ1v) is 11.4. The van der Waals surface area contributed by atoms with E-state index in [1.807, 2.05) is 16.6 Å². The van der Waals surface area contributed by atoms with E-state index in [0.717, 1.165) is 37.2 Å². The average molecular weight is 384 g/mol. The van der Waals surface area contributed by atoms with E-state index < -0.39 is 8.07 Å². The number of rotatable bonds is 2. The highest BCUT2D eigenvalue weighted by molar-refractivity contribution is 9.10. The van der Waals surface area contributed by atoms with Crippen molar-refractivity contribution in [2.75, 3.05) is 0 Å². The molecule has 0 saturated carbocycles. The van der Waals surface area contributed by atoms with Gasteiger partial charge in [0.1, 0.15) is 13.8 Å². The predicted octanol–water partition coefficient (Wildman–Crippen LogP) is 4.86. The molecule has 0 aromatic carbocycles.